The van der Waals surface area contributed by atoms with E-state index in [-0.39, 0.29) is 0 Å². The zero-order valence-corrected chi connectivity index (χ0v) is 11.6. The maximum Gasteiger partial charge on any atom is 0.139 e. The highest BCUT2D eigenvalue weighted by molar-refractivity contribution is 9.10. The van der Waals surface area contributed by atoms with Gasteiger partial charge in [0.15, 0.2) is 0 Å². The molecule has 2 saturated heterocycles. The molecule has 4 heterocycles. The van der Waals surface area contributed by atoms with E-state index in [2.05, 4.69) is 42.2 Å². The lowest BCUT2D eigenvalue weighted by Gasteiger charge is -2.27. The van der Waals surface area contributed by atoms with Crippen LogP contribution < -0.4 is 10.2 Å². The predicted octanol–water partition coefficient (Wildman–Crippen LogP) is 2.12. The van der Waals surface area contributed by atoms with Gasteiger partial charge in [0.1, 0.15) is 5.65 Å². The first-order valence-corrected chi connectivity index (χ1v) is 7.23. The molecule has 0 spiro atoms. The highest BCUT2D eigenvalue weighted by Crippen LogP contribution is 2.39. The molecule has 4 rings (SSSR count). The smallest absolute Gasteiger partial charge is 0.139 e. The third-order valence-electron chi connectivity index (χ3n) is 4.25. The number of aromatic nitrogens is 2. The van der Waals surface area contributed by atoms with Gasteiger partial charge in [0.25, 0.3) is 0 Å². The van der Waals surface area contributed by atoms with Gasteiger partial charge in [-0.2, -0.15) is 0 Å². The summed E-state index contributed by atoms with van der Waals surface area (Å²) in [6, 6.07) is 2.76. The minimum absolute atomic E-state index is 0.641. The standard InChI is InChI=1S/C13H15BrN4/c14-10-6-17-13-9(1-3-16-13)12(10)18-4-2-8-5-15-7-11(8)18/h1,3,6,8,11,15H,2,4-5,7H2,(H,16,17). The number of rotatable bonds is 1. The largest absolute Gasteiger partial charge is 0.365 e. The van der Waals surface area contributed by atoms with E-state index in [9.17, 15) is 0 Å². The number of fused-ring (bicyclic) bond motifs is 2. The average Bonchev–Trinajstić information content (AvgIpc) is 3.03. The molecular formula is C13H15BrN4. The fourth-order valence-electron chi connectivity index (χ4n) is 3.39. The van der Waals surface area contributed by atoms with Crippen LogP contribution in [-0.4, -0.2) is 35.6 Å². The van der Waals surface area contributed by atoms with Gasteiger partial charge in [-0.15, -0.1) is 0 Å². The first-order valence-electron chi connectivity index (χ1n) is 6.43. The van der Waals surface area contributed by atoms with Crippen LogP contribution in [0.1, 0.15) is 6.42 Å². The van der Waals surface area contributed by atoms with Gasteiger partial charge in [-0.05, 0) is 34.3 Å². The summed E-state index contributed by atoms with van der Waals surface area (Å²) in [5.41, 5.74) is 2.28. The van der Waals surface area contributed by atoms with Gasteiger partial charge in [0.05, 0.1) is 10.2 Å². The van der Waals surface area contributed by atoms with E-state index in [1.807, 2.05) is 12.4 Å². The molecular weight excluding hydrogens is 292 g/mol. The third-order valence-corrected chi connectivity index (χ3v) is 4.83. The fraction of sp³-hybridized carbons (Fsp3) is 0.462. The van der Waals surface area contributed by atoms with Gasteiger partial charge in [0.2, 0.25) is 0 Å². The topological polar surface area (TPSA) is 44.0 Å². The van der Waals surface area contributed by atoms with Crippen molar-refractivity contribution in [3.63, 3.8) is 0 Å². The summed E-state index contributed by atoms with van der Waals surface area (Å²) in [5, 5.41) is 4.72. The number of hydrogen-bond donors (Lipinski definition) is 2. The molecule has 2 atom stereocenters. The third kappa shape index (κ3) is 1.44. The Bertz CT molecular complexity index is 594. The van der Waals surface area contributed by atoms with E-state index in [1.54, 1.807) is 0 Å². The summed E-state index contributed by atoms with van der Waals surface area (Å²) in [4.78, 5) is 10.2. The molecule has 2 N–H and O–H groups in total. The van der Waals surface area contributed by atoms with Gasteiger partial charge in [-0.25, -0.2) is 4.98 Å². The number of hydrogen-bond acceptors (Lipinski definition) is 3. The summed E-state index contributed by atoms with van der Waals surface area (Å²) in [6.45, 7) is 3.42. The number of nitrogens with one attached hydrogen (secondary N) is 2. The molecule has 2 aromatic heterocycles. The number of halogens is 1. The number of H-pyrrole nitrogens is 1. The maximum absolute atomic E-state index is 4.41. The zero-order valence-electron chi connectivity index (χ0n) is 9.99. The quantitative estimate of drug-likeness (QED) is 0.848. The molecule has 2 aliphatic heterocycles. The predicted molar refractivity (Wildman–Crippen MR) is 75.9 cm³/mol. The van der Waals surface area contributed by atoms with Crippen molar-refractivity contribution in [2.75, 3.05) is 24.5 Å². The average molecular weight is 307 g/mol. The molecule has 2 fully saturated rings. The van der Waals surface area contributed by atoms with Crippen LogP contribution >= 0.6 is 15.9 Å². The van der Waals surface area contributed by atoms with Gasteiger partial charge in [0, 0.05) is 43.5 Å². The van der Waals surface area contributed by atoms with E-state index in [0.717, 1.165) is 29.1 Å². The molecule has 94 valence electrons. The second-order valence-electron chi connectivity index (χ2n) is 5.16. The highest BCUT2D eigenvalue weighted by atomic mass is 79.9. The number of nitrogens with zero attached hydrogens (tertiary/aromatic N) is 2. The number of pyridine rings is 1. The van der Waals surface area contributed by atoms with E-state index in [1.165, 1.54) is 24.0 Å². The number of anilines is 1. The lowest BCUT2D eigenvalue weighted by Crippen LogP contribution is -2.34. The molecule has 2 aromatic rings. The lowest BCUT2D eigenvalue weighted by molar-refractivity contribution is 0.579. The Labute approximate surface area is 114 Å². The van der Waals surface area contributed by atoms with Crippen LogP contribution in [0.2, 0.25) is 0 Å². The van der Waals surface area contributed by atoms with E-state index in [0.29, 0.717) is 6.04 Å². The van der Waals surface area contributed by atoms with Gasteiger partial charge in [-0.3, -0.25) is 0 Å². The van der Waals surface area contributed by atoms with Crippen LogP contribution in [0.25, 0.3) is 11.0 Å². The lowest BCUT2D eigenvalue weighted by atomic mass is 10.0. The number of aromatic amines is 1. The minimum Gasteiger partial charge on any atom is -0.365 e. The van der Waals surface area contributed by atoms with Crippen molar-refractivity contribution in [2.45, 2.75) is 12.5 Å². The van der Waals surface area contributed by atoms with Crippen LogP contribution in [0.15, 0.2) is 22.9 Å². The molecule has 0 aromatic carbocycles. The minimum atomic E-state index is 0.641. The second kappa shape index (κ2) is 3.96. The molecule has 0 radical (unpaired) electrons. The molecule has 18 heavy (non-hydrogen) atoms. The molecule has 0 amide bonds. The Morgan fingerprint density at radius 3 is 3.28 bits per heavy atom. The van der Waals surface area contributed by atoms with Crippen LogP contribution in [0.5, 0.6) is 0 Å². The molecule has 2 unspecified atom stereocenters. The normalized spacial score (nSPS) is 27.1. The van der Waals surface area contributed by atoms with Gasteiger partial charge >= 0.3 is 0 Å². The van der Waals surface area contributed by atoms with E-state index < -0.39 is 0 Å². The molecule has 0 aliphatic carbocycles. The van der Waals surface area contributed by atoms with Crippen molar-refractivity contribution in [2.24, 2.45) is 5.92 Å². The molecule has 5 heteroatoms. The second-order valence-corrected chi connectivity index (χ2v) is 6.02. The van der Waals surface area contributed by atoms with Crippen LogP contribution in [0, 0.1) is 5.92 Å². The molecule has 2 aliphatic rings. The maximum atomic E-state index is 4.41. The van der Waals surface area contributed by atoms with Crippen molar-refractivity contribution in [3.05, 3.63) is 22.9 Å². The Kier molecular flexibility index (Phi) is 2.38. The van der Waals surface area contributed by atoms with Crippen LogP contribution in [0.3, 0.4) is 0 Å². The summed E-state index contributed by atoms with van der Waals surface area (Å²) in [7, 11) is 0. The van der Waals surface area contributed by atoms with Crippen LogP contribution in [0.4, 0.5) is 5.69 Å². The monoisotopic (exact) mass is 306 g/mol. The molecule has 4 nitrogen and oxygen atoms in total. The first kappa shape index (κ1) is 10.8. The summed E-state index contributed by atoms with van der Waals surface area (Å²) in [5.74, 6) is 0.805. The highest BCUT2D eigenvalue weighted by Gasteiger charge is 2.38. The zero-order chi connectivity index (χ0) is 12.1. The van der Waals surface area contributed by atoms with Crippen molar-refractivity contribution >= 4 is 32.7 Å². The van der Waals surface area contributed by atoms with Crippen LogP contribution in [-0.2, 0) is 0 Å². The SMILES string of the molecule is Brc1cnc2[nH]ccc2c1N1CCC2CNCC21. The Hall–Kier alpha value is -1.07. The Morgan fingerprint density at radius 2 is 2.33 bits per heavy atom. The van der Waals surface area contributed by atoms with Gasteiger partial charge < -0.3 is 15.2 Å². The van der Waals surface area contributed by atoms with E-state index in [4.69, 9.17) is 0 Å². The van der Waals surface area contributed by atoms with Gasteiger partial charge in [-0.1, -0.05) is 0 Å². The Balaban J connectivity index is 1.86. The van der Waals surface area contributed by atoms with E-state index >= 15 is 0 Å². The summed E-state index contributed by atoms with van der Waals surface area (Å²) >= 11 is 3.67. The molecule has 0 bridgehead atoms. The summed E-state index contributed by atoms with van der Waals surface area (Å²) < 4.78 is 1.10. The first-order chi connectivity index (χ1) is 8.84. The Morgan fingerprint density at radius 1 is 1.39 bits per heavy atom. The summed E-state index contributed by atoms with van der Waals surface area (Å²) in [6.07, 6.45) is 5.16. The molecule has 0 saturated carbocycles. The van der Waals surface area contributed by atoms with Crippen molar-refractivity contribution in [1.82, 2.24) is 15.3 Å². The fourth-order valence-corrected chi connectivity index (χ4v) is 3.93. The van der Waals surface area contributed by atoms with Crippen molar-refractivity contribution in [1.29, 1.82) is 0 Å². The van der Waals surface area contributed by atoms with Crippen molar-refractivity contribution < 1.29 is 0 Å². The van der Waals surface area contributed by atoms with Crippen molar-refractivity contribution in [3.8, 4) is 0 Å².